The van der Waals surface area contributed by atoms with Gasteiger partial charge in [-0.05, 0) is 11.4 Å². The molecule has 108 valence electrons. The minimum atomic E-state index is -0.978. The number of rotatable bonds is 5. The third-order valence-corrected chi connectivity index (χ3v) is 3.90. The van der Waals surface area contributed by atoms with Crippen LogP contribution in [0.5, 0.6) is 0 Å². The van der Waals surface area contributed by atoms with E-state index in [4.69, 9.17) is 5.11 Å². The first kappa shape index (κ1) is 14.5. The van der Waals surface area contributed by atoms with E-state index in [1.54, 1.807) is 12.1 Å². The van der Waals surface area contributed by atoms with Gasteiger partial charge in [-0.15, -0.1) is 11.3 Å². The van der Waals surface area contributed by atoms with E-state index in [9.17, 15) is 14.4 Å². The van der Waals surface area contributed by atoms with Gasteiger partial charge < -0.3 is 15.7 Å². The van der Waals surface area contributed by atoms with Crippen molar-refractivity contribution in [1.29, 1.82) is 0 Å². The molecule has 1 fully saturated rings. The Morgan fingerprint density at radius 1 is 1.55 bits per heavy atom. The molecule has 0 aromatic carbocycles. The molecule has 2 unspecified atom stereocenters. The van der Waals surface area contributed by atoms with E-state index in [0.29, 0.717) is 0 Å². The third-order valence-electron chi connectivity index (χ3n) is 2.91. The van der Waals surface area contributed by atoms with Crippen LogP contribution in [-0.2, 0) is 14.4 Å². The molecule has 4 N–H and O–H groups in total. The number of piperazine rings is 1. The van der Waals surface area contributed by atoms with Crippen molar-refractivity contribution in [3.05, 3.63) is 22.4 Å². The van der Waals surface area contributed by atoms with Crippen LogP contribution in [0.3, 0.4) is 0 Å². The molecule has 0 saturated carbocycles. The zero-order valence-electron chi connectivity index (χ0n) is 10.6. The van der Waals surface area contributed by atoms with E-state index in [2.05, 4.69) is 16.0 Å². The number of hydrogen-bond donors (Lipinski definition) is 4. The maximum atomic E-state index is 12.1. The lowest BCUT2D eigenvalue weighted by atomic mass is 10.1. The van der Waals surface area contributed by atoms with E-state index in [-0.39, 0.29) is 31.3 Å². The van der Waals surface area contributed by atoms with Crippen LogP contribution >= 0.6 is 11.3 Å². The molecular weight excluding hydrogens is 282 g/mol. The highest BCUT2D eigenvalue weighted by atomic mass is 32.1. The van der Waals surface area contributed by atoms with Crippen LogP contribution in [0.15, 0.2) is 17.5 Å². The lowest BCUT2D eigenvalue weighted by Gasteiger charge is -2.25. The Bertz CT molecular complexity index is 493. The van der Waals surface area contributed by atoms with Gasteiger partial charge in [-0.25, -0.2) is 0 Å². The molecule has 0 radical (unpaired) electrons. The minimum absolute atomic E-state index is 0.0840. The lowest BCUT2D eigenvalue weighted by molar-refractivity contribution is -0.137. The van der Waals surface area contributed by atoms with Crippen LogP contribution < -0.4 is 16.0 Å². The second-order valence-electron chi connectivity index (χ2n) is 4.41. The molecule has 2 rings (SSSR count). The summed E-state index contributed by atoms with van der Waals surface area (Å²) >= 11 is 1.39. The molecule has 2 amide bonds. The van der Waals surface area contributed by atoms with Gasteiger partial charge in [0.1, 0.15) is 6.04 Å². The first-order valence-corrected chi connectivity index (χ1v) is 7.00. The molecule has 0 aliphatic carbocycles. The summed E-state index contributed by atoms with van der Waals surface area (Å²) in [4.78, 5) is 34.8. The van der Waals surface area contributed by atoms with Crippen molar-refractivity contribution in [3.63, 3.8) is 0 Å². The smallest absolute Gasteiger partial charge is 0.305 e. The fraction of sp³-hybridized carbons (Fsp3) is 0.417. The van der Waals surface area contributed by atoms with E-state index in [0.717, 1.165) is 4.88 Å². The predicted octanol–water partition coefficient (Wildman–Crippen LogP) is -0.532. The minimum Gasteiger partial charge on any atom is -0.481 e. The van der Waals surface area contributed by atoms with E-state index < -0.39 is 18.1 Å². The molecule has 20 heavy (non-hydrogen) atoms. The fourth-order valence-electron chi connectivity index (χ4n) is 1.91. The molecule has 1 saturated heterocycles. The fourth-order valence-corrected chi connectivity index (χ4v) is 2.69. The van der Waals surface area contributed by atoms with Crippen molar-refractivity contribution < 1.29 is 19.5 Å². The quantitative estimate of drug-likeness (QED) is 0.584. The first-order chi connectivity index (χ1) is 9.56. The summed E-state index contributed by atoms with van der Waals surface area (Å²) < 4.78 is 0. The van der Waals surface area contributed by atoms with Crippen molar-refractivity contribution in [3.8, 4) is 0 Å². The molecule has 2 atom stereocenters. The molecule has 1 aromatic heterocycles. The van der Waals surface area contributed by atoms with E-state index in [1.165, 1.54) is 11.3 Å². The van der Waals surface area contributed by atoms with Gasteiger partial charge in [-0.3, -0.25) is 19.7 Å². The second-order valence-corrected chi connectivity index (χ2v) is 5.39. The summed E-state index contributed by atoms with van der Waals surface area (Å²) in [6.07, 6.45) is -0.175. The maximum absolute atomic E-state index is 12.1. The van der Waals surface area contributed by atoms with Gasteiger partial charge in [-0.1, -0.05) is 6.07 Å². The lowest BCUT2D eigenvalue weighted by Crippen LogP contribution is -2.58. The second kappa shape index (κ2) is 6.49. The predicted molar refractivity (Wildman–Crippen MR) is 72.3 cm³/mol. The molecule has 1 aliphatic heterocycles. The molecular formula is C12H15N3O4S. The molecule has 2 heterocycles. The van der Waals surface area contributed by atoms with Gasteiger partial charge in [-0.2, -0.15) is 0 Å². The highest BCUT2D eigenvalue weighted by Crippen LogP contribution is 2.22. The number of carboxylic acids is 1. The Morgan fingerprint density at radius 3 is 2.90 bits per heavy atom. The van der Waals surface area contributed by atoms with E-state index in [1.807, 2.05) is 5.38 Å². The van der Waals surface area contributed by atoms with Crippen molar-refractivity contribution in [2.24, 2.45) is 0 Å². The summed E-state index contributed by atoms with van der Waals surface area (Å²) in [5, 5.41) is 18.9. The summed E-state index contributed by atoms with van der Waals surface area (Å²) in [6.45, 7) is 0.287. The van der Waals surface area contributed by atoms with Gasteiger partial charge in [0.05, 0.1) is 19.0 Å². The Balaban J connectivity index is 1.98. The van der Waals surface area contributed by atoms with Crippen LogP contribution in [0, 0.1) is 0 Å². The maximum Gasteiger partial charge on any atom is 0.305 e. The van der Waals surface area contributed by atoms with Crippen molar-refractivity contribution >= 4 is 29.1 Å². The summed E-state index contributed by atoms with van der Waals surface area (Å²) in [6, 6.07) is 2.50. The summed E-state index contributed by atoms with van der Waals surface area (Å²) in [5.74, 6) is -1.45. The number of carbonyl (C=O) groups is 3. The SMILES string of the molecule is O=C(O)CC(NC(=O)C1CNC(=O)CN1)c1cccs1. The number of amides is 2. The first-order valence-electron chi connectivity index (χ1n) is 6.12. The number of carbonyl (C=O) groups excluding carboxylic acids is 2. The van der Waals surface area contributed by atoms with Gasteiger partial charge in [0, 0.05) is 11.4 Å². The largest absolute Gasteiger partial charge is 0.481 e. The third kappa shape index (κ3) is 3.78. The van der Waals surface area contributed by atoms with Gasteiger partial charge in [0.25, 0.3) is 0 Å². The van der Waals surface area contributed by atoms with Crippen LogP contribution in [0.2, 0.25) is 0 Å². The number of nitrogens with one attached hydrogen (secondary N) is 3. The van der Waals surface area contributed by atoms with Crippen LogP contribution in [0.25, 0.3) is 0 Å². The zero-order chi connectivity index (χ0) is 14.5. The molecule has 8 heteroatoms. The number of thiophene rings is 1. The van der Waals surface area contributed by atoms with E-state index >= 15 is 0 Å². The molecule has 1 aromatic rings. The molecule has 7 nitrogen and oxygen atoms in total. The van der Waals surface area contributed by atoms with Gasteiger partial charge in [0.15, 0.2) is 0 Å². The Labute approximate surface area is 119 Å². The van der Waals surface area contributed by atoms with Crippen molar-refractivity contribution in [1.82, 2.24) is 16.0 Å². The van der Waals surface area contributed by atoms with Crippen molar-refractivity contribution in [2.45, 2.75) is 18.5 Å². The molecule has 0 spiro atoms. The van der Waals surface area contributed by atoms with Crippen LogP contribution in [0.1, 0.15) is 17.3 Å². The van der Waals surface area contributed by atoms with Gasteiger partial charge in [0.2, 0.25) is 11.8 Å². The monoisotopic (exact) mass is 297 g/mol. The van der Waals surface area contributed by atoms with Crippen LogP contribution in [-0.4, -0.2) is 42.0 Å². The van der Waals surface area contributed by atoms with Crippen LogP contribution in [0.4, 0.5) is 0 Å². The normalized spacial score (nSPS) is 20.0. The van der Waals surface area contributed by atoms with Gasteiger partial charge >= 0.3 is 5.97 Å². The Kier molecular flexibility index (Phi) is 4.70. The standard InChI is InChI=1S/C12H15N3O4S/c16-10-6-13-8(5-14-10)12(19)15-7(4-11(17)18)9-2-1-3-20-9/h1-3,7-8,13H,4-6H2,(H,14,16)(H,15,19)(H,17,18). The summed E-state index contributed by atoms with van der Waals surface area (Å²) in [5.41, 5.74) is 0. The average Bonchev–Trinajstić information content (AvgIpc) is 2.92. The zero-order valence-corrected chi connectivity index (χ0v) is 11.4. The topological polar surface area (TPSA) is 108 Å². The van der Waals surface area contributed by atoms with Crippen molar-refractivity contribution in [2.75, 3.05) is 13.1 Å². The average molecular weight is 297 g/mol. The molecule has 0 bridgehead atoms. The number of hydrogen-bond acceptors (Lipinski definition) is 5. The highest BCUT2D eigenvalue weighted by Gasteiger charge is 2.27. The summed E-state index contributed by atoms with van der Waals surface area (Å²) in [7, 11) is 0. The number of aliphatic carboxylic acids is 1. The number of carboxylic acid groups (broad SMARTS) is 1. The Hall–Kier alpha value is -1.93. The Morgan fingerprint density at radius 2 is 2.35 bits per heavy atom. The molecule has 1 aliphatic rings. The highest BCUT2D eigenvalue weighted by molar-refractivity contribution is 7.10.